The molecule has 0 aliphatic heterocycles. The molecule has 0 unspecified atom stereocenters. The molecule has 0 radical (unpaired) electrons. The molecule has 0 saturated heterocycles. The van der Waals surface area contributed by atoms with Crippen molar-refractivity contribution in [1.82, 2.24) is 5.32 Å². The Labute approximate surface area is 131 Å². The minimum atomic E-state index is -0.0794. The van der Waals surface area contributed by atoms with E-state index < -0.39 is 0 Å². The number of nitrogens with two attached hydrogens (primary N) is 1. The maximum atomic E-state index is 11.8. The van der Waals surface area contributed by atoms with E-state index in [-0.39, 0.29) is 5.91 Å². The lowest BCUT2D eigenvalue weighted by Gasteiger charge is -2.07. The number of nitrogens with one attached hydrogen (secondary N) is 1. The van der Waals surface area contributed by atoms with E-state index in [2.05, 4.69) is 17.4 Å². The highest BCUT2D eigenvalue weighted by molar-refractivity contribution is 5.94. The van der Waals surface area contributed by atoms with Crippen molar-refractivity contribution in [1.29, 1.82) is 0 Å². The highest BCUT2D eigenvalue weighted by Gasteiger charge is 2.03. The molecule has 0 aromatic heterocycles. The molecule has 0 fully saturated rings. The maximum Gasteiger partial charge on any atom is 0.251 e. The van der Waals surface area contributed by atoms with Gasteiger partial charge in [0, 0.05) is 24.4 Å². The van der Waals surface area contributed by atoms with E-state index in [0.717, 1.165) is 12.8 Å². The maximum absolute atomic E-state index is 11.8. The van der Waals surface area contributed by atoms with Crippen molar-refractivity contribution in [3.05, 3.63) is 65.7 Å². The number of anilines is 1. The van der Waals surface area contributed by atoms with Crippen molar-refractivity contribution < 1.29 is 9.53 Å². The zero-order valence-corrected chi connectivity index (χ0v) is 12.6. The van der Waals surface area contributed by atoms with Crippen molar-refractivity contribution in [2.24, 2.45) is 0 Å². The predicted molar refractivity (Wildman–Crippen MR) is 88.8 cm³/mol. The van der Waals surface area contributed by atoms with Gasteiger partial charge in [-0.15, -0.1) is 0 Å². The van der Waals surface area contributed by atoms with Crippen molar-refractivity contribution in [3.8, 4) is 0 Å². The van der Waals surface area contributed by atoms with Crippen LogP contribution in [0.1, 0.15) is 22.3 Å². The molecule has 0 aliphatic rings. The van der Waals surface area contributed by atoms with E-state index in [4.69, 9.17) is 10.5 Å². The SMILES string of the molecule is Nc1ccc(C(=O)NCCCOCCc2ccccc2)cc1. The third-order valence-corrected chi connectivity index (χ3v) is 3.30. The molecule has 0 spiro atoms. The molecule has 2 aromatic carbocycles. The van der Waals surface area contributed by atoms with Crippen LogP contribution in [0.4, 0.5) is 5.69 Å². The molecule has 4 heteroatoms. The van der Waals surface area contributed by atoms with Gasteiger partial charge in [-0.05, 0) is 42.7 Å². The number of hydrogen-bond acceptors (Lipinski definition) is 3. The van der Waals surface area contributed by atoms with Gasteiger partial charge < -0.3 is 15.8 Å². The third kappa shape index (κ3) is 5.58. The van der Waals surface area contributed by atoms with E-state index in [0.29, 0.717) is 31.0 Å². The first-order valence-electron chi connectivity index (χ1n) is 7.51. The van der Waals surface area contributed by atoms with Gasteiger partial charge in [-0.3, -0.25) is 4.79 Å². The van der Waals surface area contributed by atoms with Crippen LogP contribution in [-0.2, 0) is 11.2 Å². The average Bonchev–Trinajstić information content (AvgIpc) is 2.55. The number of hydrogen-bond donors (Lipinski definition) is 2. The predicted octanol–water partition coefficient (Wildman–Crippen LogP) is 2.65. The van der Waals surface area contributed by atoms with Crippen LogP contribution in [-0.4, -0.2) is 25.7 Å². The van der Waals surface area contributed by atoms with Gasteiger partial charge in [0.2, 0.25) is 0 Å². The van der Waals surface area contributed by atoms with Crippen LogP contribution in [0.25, 0.3) is 0 Å². The molecule has 0 atom stereocenters. The summed E-state index contributed by atoms with van der Waals surface area (Å²) < 4.78 is 5.57. The molecule has 0 bridgehead atoms. The molecule has 0 aliphatic carbocycles. The molecule has 0 saturated carbocycles. The largest absolute Gasteiger partial charge is 0.399 e. The molecule has 2 aromatic rings. The van der Waals surface area contributed by atoms with Crippen LogP contribution < -0.4 is 11.1 Å². The second-order valence-corrected chi connectivity index (χ2v) is 5.08. The minimum absolute atomic E-state index is 0.0794. The second-order valence-electron chi connectivity index (χ2n) is 5.08. The van der Waals surface area contributed by atoms with Gasteiger partial charge in [0.25, 0.3) is 5.91 Å². The van der Waals surface area contributed by atoms with Crippen LogP contribution in [0.5, 0.6) is 0 Å². The lowest BCUT2D eigenvalue weighted by atomic mass is 10.2. The van der Waals surface area contributed by atoms with Crippen molar-refractivity contribution in [3.63, 3.8) is 0 Å². The third-order valence-electron chi connectivity index (χ3n) is 3.30. The van der Waals surface area contributed by atoms with Crippen molar-refractivity contribution >= 4 is 11.6 Å². The summed E-state index contributed by atoms with van der Waals surface area (Å²) in [5, 5.41) is 2.87. The van der Waals surface area contributed by atoms with Crippen LogP contribution >= 0.6 is 0 Å². The fourth-order valence-electron chi connectivity index (χ4n) is 2.05. The molecular formula is C18H22N2O2. The summed E-state index contributed by atoms with van der Waals surface area (Å²) in [4.78, 5) is 11.8. The molecule has 4 nitrogen and oxygen atoms in total. The molecule has 22 heavy (non-hydrogen) atoms. The molecule has 2 rings (SSSR count). The zero-order chi connectivity index (χ0) is 15.6. The highest BCUT2D eigenvalue weighted by atomic mass is 16.5. The Kier molecular flexibility index (Phi) is 6.45. The Morgan fingerprint density at radius 1 is 1.00 bits per heavy atom. The normalized spacial score (nSPS) is 10.4. The van der Waals surface area contributed by atoms with Gasteiger partial charge in [-0.2, -0.15) is 0 Å². The number of benzene rings is 2. The number of amides is 1. The van der Waals surface area contributed by atoms with E-state index in [1.807, 2.05) is 18.2 Å². The van der Waals surface area contributed by atoms with Gasteiger partial charge in [0.05, 0.1) is 6.61 Å². The molecule has 116 valence electrons. The number of nitrogen functional groups attached to an aromatic ring is 1. The van der Waals surface area contributed by atoms with Crippen LogP contribution in [0.2, 0.25) is 0 Å². The average molecular weight is 298 g/mol. The summed E-state index contributed by atoms with van der Waals surface area (Å²) in [5.74, 6) is -0.0794. The van der Waals surface area contributed by atoms with E-state index in [1.54, 1.807) is 24.3 Å². The van der Waals surface area contributed by atoms with E-state index in [9.17, 15) is 4.79 Å². The number of ether oxygens (including phenoxy) is 1. The standard InChI is InChI=1S/C18H22N2O2/c19-17-9-7-16(8-10-17)18(21)20-12-4-13-22-14-11-15-5-2-1-3-6-15/h1-3,5-10H,4,11-14,19H2,(H,20,21). The van der Waals surface area contributed by atoms with Gasteiger partial charge in [-0.25, -0.2) is 0 Å². The lowest BCUT2D eigenvalue weighted by Crippen LogP contribution is -2.25. The number of carbonyl (C=O) groups is 1. The zero-order valence-electron chi connectivity index (χ0n) is 12.6. The quantitative estimate of drug-likeness (QED) is 0.581. The number of carbonyl (C=O) groups excluding carboxylic acids is 1. The van der Waals surface area contributed by atoms with Crippen LogP contribution in [0.15, 0.2) is 54.6 Å². The van der Waals surface area contributed by atoms with Gasteiger partial charge >= 0.3 is 0 Å². The van der Waals surface area contributed by atoms with Gasteiger partial charge in [0.15, 0.2) is 0 Å². The topological polar surface area (TPSA) is 64.4 Å². The fourth-order valence-corrected chi connectivity index (χ4v) is 2.05. The van der Waals surface area contributed by atoms with E-state index in [1.165, 1.54) is 5.56 Å². The Morgan fingerprint density at radius 3 is 2.45 bits per heavy atom. The first-order chi connectivity index (χ1) is 10.8. The summed E-state index contributed by atoms with van der Waals surface area (Å²) in [6, 6.07) is 17.1. The Balaban J connectivity index is 1.54. The first kappa shape index (κ1) is 16.0. The Hall–Kier alpha value is -2.33. The van der Waals surface area contributed by atoms with Crippen molar-refractivity contribution in [2.75, 3.05) is 25.5 Å². The fraction of sp³-hybridized carbons (Fsp3) is 0.278. The molecular weight excluding hydrogens is 276 g/mol. The summed E-state index contributed by atoms with van der Waals surface area (Å²) in [5.41, 5.74) is 8.15. The monoisotopic (exact) mass is 298 g/mol. The Bertz CT molecular complexity index is 567. The molecule has 3 N–H and O–H groups in total. The molecule has 0 heterocycles. The first-order valence-corrected chi connectivity index (χ1v) is 7.51. The smallest absolute Gasteiger partial charge is 0.251 e. The summed E-state index contributed by atoms with van der Waals surface area (Å²) >= 11 is 0. The van der Waals surface area contributed by atoms with Crippen LogP contribution in [0, 0.1) is 0 Å². The van der Waals surface area contributed by atoms with E-state index >= 15 is 0 Å². The Morgan fingerprint density at radius 2 is 1.73 bits per heavy atom. The number of rotatable bonds is 8. The minimum Gasteiger partial charge on any atom is -0.399 e. The van der Waals surface area contributed by atoms with Crippen LogP contribution in [0.3, 0.4) is 0 Å². The summed E-state index contributed by atoms with van der Waals surface area (Å²) in [6.07, 6.45) is 1.72. The second kappa shape index (κ2) is 8.85. The summed E-state index contributed by atoms with van der Waals surface area (Å²) in [7, 11) is 0. The summed E-state index contributed by atoms with van der Waals surface area (Å²) in [6.45, 7) is 1.96. The van der Waals surface area contributed by atoms with Crippen molar-refractivity contribution in [2.45, 2.75) is 12.8 Å². The lowest BCUT2D eigenvalue weighted by molar-refractivity contribution is 0.0942. The van der Waals surface area contributed by atoms with Gasteiger partial charge in [0.1, 0.15) is 0 Å². The molecule has 1 amide bonds. The highest BCUT2D eigenvalue weighted by Crippen LogP contribution is 2.05. The van der Waals surface area contributed by atoms with Gasteiger partial charge in [-0.1, -0.05) is 30.3 Å².